The molecule has 0 radical (unpaired) electrons. The summed E-state index contributed by atoms with van der Waals surface area (Å²) in [6, 6.07) is 6.54. The molecule has 1 fully saturated rings. The minimum absolute atomic E-state index is 0.257. The van der Waals surface area contributed by atoms with E-state index in [2.05, 4.69) is 20.7 Å². The number of hydrogen-bond donors (Lipinski definition) is 3. The molecule has 0 bridgehead atoms. The summed E-state index contributed by atoms with van der Waals surface area (Å²) in [6.45, 7) is 1.38. The summed E-state index contributed by atoms with van der Waals surface area (Å²) in [4.78, 5) is 22.9. The second-order valence-corrected chi connectivity index (χ2v) is 5.00. The normalized spacial score (nSPS) is 16.9. The molecule has 1 aromatic rings. The van der Waals surface area contributed by atoms with E-state index in [1.54, 1.807) is 24.3 Å². The van der Waals surface area contributed by atoms with Crippen molar-refractivity contribution in [2.75, 3.05) is 30.9 Å². The molecular formula is C15H21N3O4. The number of benzene rings is 1. The third-order valence-electron chi connectivity index (χ3n) is 3.33. The van der Waals surface area contributed by atoms with Gasteiger partial charge in [-0.15, -0.1) is 0 Å². The first-order valence-electron chi connectivity index (χ1n) is 7.29. The van der Waals surface area contributed by atoms with E-state index >= 15 is 0 Å². The van der Waals surface area contributed by atoms with Gasteiger partial charge in [-0.1, -0.05) is 6.07 Å². The number of nitrogens with one attached hydrogen (secondary N) is 3. The van der Waals surface area contributed by atoms with Crippen LogP contribution in [0.25, 0.3) is 0 Å². The summed E-state index contributed by atoms with van der Waals surface area (Å²) >= 11 is 0. The van der Waals surface area contributed by atoms with Gasteiger partial charge < -0.3 is 20.1 Å². The fourth-order valence-corrected chi connectivity index (χ4v) is 2.24. The number of carbonyl (C=O) groups excluding carboxylic acids is 2. The first-order valence-corrected chi connectivity index (χ1v) is 7.29. The molecule has 3 amide bonds. The Morgan fingerprint density at radius 3 is 2.77 bits per heavy atom. The van der Waals surface area contributed by atoms with Gasteiger partial charge >= 0.3 is 12.1 Å². The van der Waals surface area contributed by atoms with Crippen LogP contribution >= 0.6 is 0 Å². The SMILES string of the molecule is COC(=O)Nc1cccc(NC(=O)NCC[C@H]2CCCO2)c1. The third kappa shape index (κ3) is 5.25. The molecule has 0 unspecified atom stereocenters. The number of hydrogen-bond acceptors (Lipinski definition) is 4. The van der Waals surface area contributed by atoms with E-state index in [4.69, 9.17) is 4.74 Å². The molecule has 1 aliphatic heterocycles. The summed E-state index contributed by atoms with van der Waals surface area (Å²) in [7, 11) is 1.29. The number of ether oxygens (including phenoxy) is 2. The van der Waals surface area contributed by atoms with Gasteiger partial charge in [0.25, 0.3) is 0 Å². The number of rotatable bonds is 5. The first kappa shape index (κ1) is 16.1. The summed E-state index contributed by atoms with van der Waals surface area (Å²) in [5, 5.41) is 8.04. The maximum atomic E-state index is 11.8. The Kier molecular flexibility index (Phi) is 6.02. The molecule has 0 aliphatic carbocycles. The molecule has 120 valence electrons. The molecule has 1 aliphatic rings. The van der Waals surface area contributed by atoms with Gasteiger partial charge in [-0.05, 0) is 37.5 Å². The first-order chi connectivity index (χ1) is 10.7. The highest BCUT2D eigenvalue weighted by Crippen LogP contribution is 2.16. The van der Waals surface area contributed by atoms with Crippen LogP contribution in [-0.4, -0.2) is 38.5 Å². The lowest BCUT2D eigenvalue weighted by Crippen LogP contribution is -2.31. The number of methoxy groups -OCH3 is 1. The van der Waals surface area contributed by atoms with Crippen molar-refractivity contribution in [2.45, 2.75) is 25.4 Å². The molecule has 7 heteroatoms. The summed E-state index contributed by atoms with van der Waals surface area (Å²) in [6.07, 6.45) is 2.67. The highest BCUT2D eigenvalue weighted by atomic mass is 16.5. The van der Waals surface area contributed by atoms with Crippen LogP contribution in [0.4, 0.5) is 21.0 Å². The van der Waals surface area contributed by atoms with Crippen molar-refractivity contribution in [2.24, 2.45) is 0 Å². The van der Waals surface area contributed by atoms with Crippen molar-refractivity contribution < 1.29 is 19.1 Å². The van der Waals surface area contributed by atoms with E-state index in [1.807, 2.05) is 0 Å². The summed E-state index contributed by atoms with van der Waals surface area (Å²) in [5.41, 5.74) is 1.13. The van der Waals surface area contributed by atoms with Crippen molar-refractivity contribution in [3.05, 3.63) is 24.3 Å². The Bertz CT molecular complexity index is 515. The van der Waals surface area contributed by atoms with E-state index in [-0.39, 0.29) is 12.1 Å². The molecule has 2 rings (SSSR count). The number of urea groups is 1. The molecule has 7 nitrogen and oxygen atoms in total. The van der Waals surface area contributed by atoms with Crippen LogP contribution in [0, 0.1) is 0 Å². The Morgan fingerprint density at radius 1 is 1.32 bits per heavy atom. The van der Waals surface area contributed by atoms with Crippen molar-refractivity contribution in [1.29, 1.82) is 0 Å². The van der Waals surface area contributed by atoms with Crippen LogP contribution in [-0.2, 0) is 9.47 Å². The van der Waals surface area contributed by atoms with Crippen molar-refractivity contribution in [1.82, 2.24) is 5.32 Å². The maximum absolute atomic E-state index is 11.8. The minimum Gasteiger partial charge on any atom is -0.453 e. The van der Waals surface area contributed by atoms with Crippen LogP contribution in [0.15, 0.2) is 24.3 Å². The average Bonchev–Trinajstić information content (AvgIpc) is 3.00. The van der Waals surface area contributed by atoms with Crippen molar-refractivity contribution in [3.8, 4) is 0 Å². The molecule has 1 aromatic carbocycles. The van der Waals surface area contributed by atoms with Crippen molar-refractivity contribution in [3.63, 3.8) is 0 Å². The zero-order chi connectivity index (χ0) is 15.8. The molecule has 1 saturated heterocycles. The lowest BCUT2D eigenvalue weighted by molar-refractivity contribution is 0.105. The number of carbonyl (C=O) groups is 2. The van der Waals surface area contributed by atoms with Gasteiger partial charge in [0, 0.05) is 24.5 Å². The highest BCUT2D eigenvalue weighted by Gasteiger charge is 2.15. The average molecular weight is 307 g/mol. The third-order valence-corrected chi connectivity index (χ3v) is 3.33. The minimum atomic E-state index is -0.557. The second kappa shape index (κ2) is 8.23. The van der Waals surface area contributed by atoms with Crippen LogP contribution in [0.1, 0.15) is 19.3 Å². The van der Waals surface area contributed by atoms with Crippen LogP contribution in [0.3, 0.4) is 0 Å². The van der Waals surface area contributed by atoms with Gasteiger partial charge in [0.05, 0.1) is 13.2 Å². The number of amides is 3. The Hall–Kier alpha value is -2.28. The summed E-state index contributed by atoms with van der Waals surface area (Å²) < 4.78 is 10.0. The standard InChI is InChI=1S/C15H21N3O4/c1-21-15(20)18-12-5-2-4-11(10-12)17-14(19)16-8-7-13-6-3-9-22-13/h2,4-5,10,13H,3,6-9H2,1H3,(H,18,20)(H2,16,17,19)/t13-/m1/s1. The van der Waals surface area contributed by atoms with Gasteiger partial charge in [-0.2, -0.15) is 0 Å². The largest absolute Gasteiger partial charge is 0.453 e. The Morgan fingerprint density at radius 2 is 2.09 bits per heavy atom. The van der Waals surface area contributed by atoms with Gasteiger partial charge in [0.1, 0.15) is 0 Å². The smallest absolute Gasteiger partial charge is 0.411 e. The predicted molar refractivity (Wildman–Crippen MR) is 83.1 cm³/mol. The molecule has 1 atom stereocenters. The Labute approximate surface area is 129 Å². The van der Waals surface area contributed by atoms with Gasteiger partial charge in [-0.25, -0.2) is 9.59 Å². The van der Waals surface area contributed by atoms with Crippen molar-refractivity contribution >= 4 is 23.5 Å². The number of anilines is 2. The maximum Gasteiger partial charge on any atom is 0.411 e. The molecule has 0 saturated carbocycles. The lowest BCUT2D eigenvalue weighted by atomic mass is 10.2. The van der Waals surface area contributed by atoms with E-state index in [1.165, 1.54) is 7.11 Å². The van der Waals surface area contributed by atoms with Crippen LogP contribution in [0.5, 0.6) is 0 Å². The molecule has 22 heavy (non-hydrogen) atoms. The van der Waals surface area contributed by atoms with E-state index < -0.39 is 6.09 Å². The van der Waals surface area contributed by atoms with E-state index in [9.17, 15) is 9.59 Å². The fraction of sp³-hybridized carbons (Fsp3) is 0.467. The molecule has 1 heterocycles. The molecule has 0 aromatic heterocycles. The van der Waals surface area contributed by atoms with Gasteiger partial charge in [0.15, 0.2) is 0 Å². The van der Waals surface area contributed by atoms with Gasteiger partial charge in [-0.3, -0.25) is 5.32 Å². The quantitative estimate of drug-likeness (QED) is 0.780. The van der Waals surface area contributed by atoms with Crippen LogP contribution in [0.2, 0.25) is 0 Å². The lowest BCUT2D eigenvalue weighted by Gasteiger charge is -2.11. The monoisotopic (exact) mass is 307 g/mol. The van der Waals surface area contributed by atoms with Crippen LogP contribution < -0.4 is 16.0 Å². The second-order valence-electron chi connectivity index (χ2n) is 5.00. The molecule has 3 N–H and O–H groups in total. The molecular weight excluding hydrogens is 286 g/mol. The van der Waals surface area contributed by atoms with Gasteiger partial charge in [0.2, 0.25) is 0 Å². The predicted octanol–water partition coefficient (Wildman–Crippen LogP) is 2.56. The molecule has 0 spiro atoms. The Balaban J connectivity index is 1.75. The zero-order valence-electron chi connectivity index (χ0n) is 12.6. The highest BCUT2D eigenvalue weighted by molar-refractivity contribution is 5.91. The van der Waals surface area contributed by atoms with E-state index in [0.717, 1.165) is 25.9 Å². The topological polar surface area (TPSA) is 88.7 Å². The summed E-state index contributed by atoms with van der Waals surface area (Å²) in [5.74, 6) is 0. The zero-order valence-corrected chi connectivity index (χ0v) is 12.6. The fourth-order valence-electron chi connectivity index (χ4n) is 2.24. The van der Waals surface area contributed by atoms with E-state index in [0.29, 0.717) is 17.9 Å².